The highest BCUT2D eigenvalue weighted by Gasteiger charge is 2.32. The Bertz CT molecular complexity index is 588. The van der Waals surface area contributed by atoms with E-state index in [2.05, 4.69) is 16.7 Å². The molecule has 1 aromatic heterocycles. The summed E-state index contributed by atoms with van der Waals surface area (Å²) in [6.07, 6.45) is -4.43. The van der Waals surface area contributed by atoms with Crippen molar-refractivity contribution in [3.05, 3.63) is 35.5 Å². The number of aliphatic imine (C=N–C) groups is 1. The molecular formula is C12H9F3N2. The van der Waals surface area contributed by atoms with Crippen molar-refractivity contribution in [2.75, 3.05) is 0 Å². The molecule has 0 aliphatic rings. The molecule has 0 bridgehead atoms. The van der Waals surface area contributed by atoms with Crippen LogP contribution >= 0.6 is 0 Å². The molecule has 5 heteroatoms. The largest absolute Gasteiger partial charge is 0.433 e. The molecular weight excluding hydrogens is 229 g/mol. The smallest absolute Gasteiger partial charge is 0.264 e. The fourth-order valence-electron chi connectivity index (χ4n) is 1.67. The van der Waals surface area contributed by atoms with Crippen LogP contribution in [-0.4, -0.2) is 11.7 Å². The molecule has 2 aromatic rings. The zero-order valence-corrected chi connectivity index (χ0v) is 9.04. The van der Waals surface area contributed by atoms with Crippen molar-refractivity contribution in [1.29, 1.82) is 0 Å². The third-order valence-corrected chi connectivity index (χ3v) is 2.49. The Morgan fingerprint density at radius 1 is 1.18 bits per heavy atom. The van der Waals surface area contributed by atoms with Crippen LogP contribution < -0.4 is 0 Å². The monoisotopic (exact) mass is 238 g/mol. The summed E-state index contributed by atoms with van der Waals surface area (Å²) in [5, 5.41) is 0.577. The van der Waals surface area contributed by atoms with E-state index in [1.165, 1.54) is 6.07 Å². The van der Waals surface area contributed by atoms with E-state index in [0.717, 1.165) is 11.6 Å². The van der Waals surface area contributed by atoms with E-state index in [9.17, 15) is 13.2 Å². The fourth-order valence-corrected chi connectivity index (χ4v) is 1.67. The standard InChI is InChI=1S/C12H9F3N2/c1-7-3-5-9-8(11(7)16-2)4-6-10(17-9)12(13,14)15/h3-6H,2H2,1H3. The Balaban J connectivity index is 2.73. The quantitative estimate of drug-likeness (QED) is 0.692. The van der Waals surface area contributed by atoms with Crippen LogP contribution in [0.3, 0.4) is 0 Å². The van der Waals surface area contributed by atoms with Crippen LogP contribution in [0.2, 0.25) is 0 Å². The molecule has 2 nitrogen and oxygen atoms in total. The molecule has 88 valence electrons. The van der Waals surface area contributed by atoms with E-state index in [0.29, 0.717) is 11.1 Å². The van der Waals surface area contributed by atoms with Crippen LogP contribution in [0.15, 0.2) is 29.3 Å². The normalized spacial score (nSPS) is 11.8. The number of hydrogen-bond donors (Lipinski definition) is 0. The van der Waals surface area contributed by atoms with Gasteiger partial charge < -0.3 is 0 Å². The summed E-state index contributed by atoms with van der Waals surface area (Å²) < 4.78 is 37.4. The number of aryl methyl sites for hydroxylation is 1. The number of fused-ring (bicyclic) bond motifs is 1. The average Bonchev–Trinajstić information content (AvgIpc) is 2.27. The SMILES string of the molecule is C=Nc1c(C)ccc2nc(C(F)(F)F)ccc12. The summed E-state index contributed by atoms with van der Waals surface area (Å²) in [5.41, 5.74) is 0.800. The molecule has 0 fully saturated rings. The number of rotatable bonds is 1. The van der Waals surface area contributed by atoms with Crippen LogP contribution in [0.1, 0.15) is 11.3 Å². The highest BCUT2D eigenvalue weighted by molar-refractivity contribution is 5.92. The molecule has 0 atom stereocenters. The van der Waals surface area contributed by atoms with Crippen molar-refractivity contribution in [1.82, 2.24) is 4.98 Å². The molecule has 0 spiro atoms. The molecule has 1 aromatic carbocycles. The van der Waals surface area contributed by atoms with Gasteiger partial charge >= 0.3 is 6.18 Å². The molecule has 0 unspecified atom stereocenters. The Morgan fingerprint density at radius 2 is 1.88 bits per heavy atom. The van der Waals surface area contributed by atoms with Crippen molar-refractivity contribution < 1.29 is 13.2 Å². The number of aromatic nitrogens is 1. The van der Waals surface area contributed by atoms with Crippen molar-refractivity contribution in [3.63, 3.8) is 0 Å². The summed E-state index contributed by atoms with van der Waals surface area (Å²) in [5.74, 6) is 0. The van der Waals surface area contributed by atoms with Crippen LogP contribution in [0.25, 0.3) is 10.9 Å². The van der Waals surface area contributed by atoms with Crippen LogP contribution in [0.4, 0.5) is 18.9 Å². The van der Waals surface area contributed by atoms with E-state index >= 15 is 0 Å². The number of benzene rings is 1. The fraction of sp³-hybridized carbons (Fsp3) is 0.167. The number of pyridine rings is 1. The van der Waals surface area contributed by atoms with Gasteiger partial charge in [0.2, 0.25) is 0 Å². The summed E-state index contributed by atoms with van der Waals surface area (Å²) in [7, 11) is 0. The molecule has 0 N–H and O–H groups in total. The number of alkyl halides is 3. The van der Waals surface area contributed by atoms with Crippen LogP contribution in [-0.2, 0) is 6.18 Å². The minimum absolute atomic E-state index is 0.271. The van der Waals surface area contributed by atoms with Crippen LogP contribution in [0, 0.1) is 6.92 Å². The summed E-state index contributed by atoms with van der Waals surface area (Å²) >= 11 is 0. The molecule has 17 heavy (non-hydrogen) atoms. The molecule has 0 aliphatic carbocycles. The molecule has 1 heterocycles. The first-order chi connectivity index (χ1) is 7.93. The van der Waals surface area contributed by atoms with Crippen LogP contribution in [0.5, 0.6) is 0 Å². The lowest BCUT2D eigenvalue weighted by Gasteiger charge is -2.09. The Kier molecular flexibility index (Phi) is 2.61. The van der Waals surface area contributed by atoms with Gasteiger partial charge in [-0.05, 0) is 37.4 Å². The summed E-state index contributed by atoms with van der Waals surface area (Å²) in [4.78, 5) is 7.40. The summed E-state index contributed by atoms with van der Waals surface area (Å²) in [6.45, 7) is 5.23. The zero-order chi connectivity index (χ0) is 12.6. The van der Waals surface area contributed by atoms with Crippen molar-refractivity contribution in [2.45, 2.75) is 13.1 Å². The molecule has 2 rings (SSSR count). The minimum atomic E-state index is -4.43. The highest BCUT2D eigenvalue weighted by Crippen LogP contribution is 2.33. The van der Waals surface area contributed by atoms with E-state index in [-0.39, 0.29) is 5.52 Å². The van der Waals surface area contributed by atoms with Gasteiger partial charge in [0.15, 0.2) is 0 Å². The molecule has 0 radical (unpaired) electrons. The molecule has 0 amide bonds. The van der Waals surface area contributed by atoms with E-state index in [4.69, 9.17) is 0 Å². The third kappa shape index (κ3) is 2.00. The predicted molar refractivity (Wildman–Crippen MR) is 60.7 cm³/mol. The second-order valence-electron chi connectivity index (χ2n) is 3.65. The lowest BCUT2D eigenvalue weighted by Crippen LogP contribution is -2.07. The second-order valence-corrected chi connectivity index (χ2v) is 3.65. The van der Waals surface area contributed by atoms with Gasteiger partial charge in [0.05, 0.1) is 11.2 Å². The Morgan fingerprint density at radius 3 is 2.47 bits per heavy atom. The predicted octanol–water partition coefficient (Wildman–Crippen LogP) is 3.89. The van der Waals surface area contributed by atoms with E-state index in [1.54, 1.807) is 12.1 Å². The molecule has 0 saturated carbocycles. The van der Waals surface area contributed by atoms with Gasteiger partial charge in [0.1, 0.15) is 5.69 Å². The maximum Gasteiger partial charge on any atom is 0.433 e. The highest BCUT2D eigenvalue weighted by atomic mass is 19.4. The minimum Gasteiger partial charge on any atom is -0.264 e. The molecule has 0 saturated heterocycles. The maximum atomic E-state index is 12.5. The van der Waals surface area contributed by atoms with Crippen molar-refractivity contribution in [2.24, 2.45) is 4.99 Å². The first kappa shape index (κ1) is 11.6. The Labute approximate surface area is 95.8 Å². The second kappa shape index (κ2) is 3.84. The Hall–Kier alpha value is -1.91. The van der Waals surface area contributed by atoms with Gasteiger partial charge in [0, 0.05) is 5.39 Å². The van der Waals surface area contributed by atoms with Gasteiger partial charge in [-0.2, -0.15) is 13.2 Å². The van der Waals surface area contributed by atoms with Gasteiger partial charge in [0.25, 0.3) is 0 Å². The topological polar surface area (TPSA) is 25.2 Å². The third-order valence-electron chi connectivity index (χ3n) is 2.49. The molecule has 0 aliphatic heterocycles. The van der Waals surface area contributed by atoms with E-state index < -0.39 is 11.9 Å². The summed E-state index contributed by atoms with van der Waals surface area (Å²) in [6, 6.07) is 5.56. The van der Waals surface area contributed by atoms with Crippen molar-refractivity contribution >= 4 is 23.3 Å². The van der Waals surface area contributed by atoms with Gasteiger partial charge in [-0.15, -0.1) is 0 Å². The number of halogens is 3. The lowest BCUT2D eigenvalue weighted by molar-refractivity contribution is -0.140. The van der Waals surface area contributed by atoms with Crippen molar-refractivity contribution in [3.8, 4) is 0 Å². The van der Waals surface area contributed by atoms with Gasteiger partial charge in [-0.1, -0.05) is 6.07 Å². The number of hydrogen-bond acceptors (Lipinski definition) is 2. The van der Waals surface area contributed by atoms with E-state index in [1.807, 2.05) is 6.92 Å². The van der Waals surface area contributed by atoms with Gasteiger partial charge in [-0.3, -0.25) is 4.99 Å². The lowest BCUT2D eigenvalue weighted by atomic mass is 10.1. The van der Waals surface area contributed by atoms with Gasteiger partial charge in [-0.25, -0.2) is 4.98 Å². The zero-order valence-electron chi connectivity index (χ0n) is 9.04. The first-order valence-electron chi connectivity index (χ1n) is 4.88. The first-order valence-corrected chi connectivity index (χ1v) is 4.88. The average molecular weight is 238 g/mol. The maximum absolute atomic E-state index is 12.5. The number of nitrogens with zero attached hydrogens (tertiary/aromatic N) is 2.